The second-order valence-electron chi connectivity index (χ2n) is 3.70. The fraction of sp³-hybridized carbons (Fsp3) is 0.182. The van der Waals surface area contributed by atoms with E-state index in [0.717, 1.165) is 0 Å². The zero-order valence-electron chi connectivity index (χ0n) is 9.91. The Morgan fingerprint density at radius 3 is 2.26 bits per heavy atom. The van der Waals surface area contributed by atoms with Crippen LogP contribution in [0.5, 0.6) is 0 Å². The van der Waals surface area contributed by atoms with E-state index in [9.17, 15) is 22.8 Å². The molecule has 2 N–H and O–H groups in total. The van der Waals surface area contributed by atoms with Crippen LogP contribution in [-0.4, -0.2) is 31.2 Å². The number of carbonyl (C=O) groups excluding carboxylic acids is 2. The molecule has 1 aromatic rings. The van der Waals surface area contributed by atoms with Gasteiger partial charge in [-0.25, -0.2) is 13.1 Å². The molecule has 0 aliphatic carbocycles. The van der Waals surface area contributed by atoms with Crippen molar-refractivity contribution in [3.05, 3.63) is 29.8 Å². The van der Waals surface area contributed by atoms with Gasteiger partial charge in [-0.05, 0) is 19.1 Å². The number of ketones is 1. The second kappa shape index (κ2) is 5.61. The van der Waals surface area contributed by atoms with E-state index in [-0.39, 0.29) is 22.7 Å². The monoisotopic (exact) mass is 285 g/mol. The number of benzene rings is 1. The molecular weight excluding hydrogens is 274 g/mol. The molecule has 8 heteroatoms. The van der Waals surface area contributed by atoms with Gasteiger partial charge in [0.05, 0.1) is 5.56 Å². The van der Waals surface area contributed by atoms with E-state index in [1.165, 1.54) is 19.1 Å². The van der Waals surface area contributed by atoms with Gasteiger partial charge in [0.25, 0.3) is 15.9 Å². The molecule has 19 heavy (non-hydrogen) atoms. The molecule has 0 saturated heterocycles. The first-order valence-electron chi connectivity index (χ1n) is 5.11. The number of hydrogen-bond acceptors (Lipinski definition) is 5. The highest BCUT2D eigenvalue weighted by atomic mass is 32.2. The van der Waals surface area contributed by atoms with E-state index in [0.29, 0.717) is 0 Å². The van der Waals surface area contributed by atoms with Gasteiger partial charge in [-0.15, -0.1) is 0 Å². The first-order chi connectivity index (χ1) is 8.74. The van der Waals surface area contributed by atoms with Gasteiger partial charge in [-0.3, -0.25) is 14.4 Å². The second-order valence-corrected chi connectivity index (χ2v) is 5.35. The smallest absolute Gasteiger partial charge is 0.310 e. The minimum Gasteiger partial charge on any atom is -0.481 e. The molecule has 0 bridgehead atoms. The standard InChI is InChI=1S/C7H5NO3S.C4H6O3/c9-7-5-3-1-2-4-6(5)12(10,11)8-7;1-3(5)2-4(6)7/h1-4H,(H,8,9);2H2,1H3,(H,6,7). The van der Waals surface area contributed by atoms with Crippen LogP contribution in [0.3, 0.4) is 0 Å². The maximum Gasteiger partial charge on any atom is 0.310 e. The van der Waals surface area contributed by atoms with Crippen LogP contribution in [0.1, 0.15) is 23.7 Å². The molecule has 0 unspecified atom stereocenters. The molecule has 0 spiro atoms. The van der Waals surface area contributed by atoms with Crippen LogP contribution in [0, 0.1) is 0 Å². The summed E-state index contributed by atoms with van der Waals surface area (Å²) >= 11 is 0. The number of aliphatic carboxylic acids is 1. The quantitative estimate of drug-likeness (QED) is 0.748. The van der Waals surface area contributed by atoms with Crippen molar-refractivity contribution in [2.24, 2.45) is 0 Å². The zero-order valence-corrected chi connectivity index (χ0v) is 10.7. The van der Waals surface area contributed by atoms with Crippen LogP contribution in [0.25, 0.3) is 0 Å². The number of Topliss-reactive ketones (excluding diaryl/α,β-unsaturated/α-hetero) is 1. The molecule has 0 aromatic heterocycles. The summed E-state index contributed by atoms with van der Waals surface area (Å²) in [7, 11) is -3.55. The molecule has 1 aliphatic rings. The number of hydrogen-bond donors (Lipinski definition) is 2. The Bertz CT molecular complexity index is 622. The molecule has 0 fully saturated rings. The molecule has 0 atom stereocenters. The van der Waals surface area contributed by atoms with Crippen LogP contribution in [0.2, 0.25) is 0 Å². The van der Waals surface area contributed by atoms with E-state index in [2.05, 4.69) is 0 Å². The molecule has 1 aromatic carbocycles. The number of nitrogens with one attached hydrogen (secondary N) is 1. The van der Waals surface area contributed by atoms with E-state index < -0.39 is 21.9 Å². The number of rotatable bonds is 2. The summed E-state index contributed by atoms with van der Waals surface area (Å²) in [5.74, 6) is -1.93. The van der Waals surface area contributed by atoms with Gasteiger partial charge in [-0.1, -0.05) is 12.1 Å². The first kappa shape index (κ1) is 14.8. The van der Waals surface area contributed by atoms with E-state index in [1.54, 1.807) is 12.1 Å². The largest absolute Gasteiger partial charge is 0.481 e. The number of carboxylic acids is 1. The topological polar surface area (TPSA) is 118 Å². The normalized spacial score (nSPS) is 14.7. The predicted octanol–water partition coefficient (Wildman–Crippen LogP) is 0.169. The maximum atomic E-state index is 11.1. The first-order valence-corrected chi connectivity index (χ1v) is 6.60. The zero-order chi connectivity index (χ0) is 14.6. The predicted molar refractivity (Wildman–Crippen MR) is 64.0 cm³/mol. The Kier molecular flexibility index (Phi) is 4.38. The summed E-state index contributed by atoms with van der Waals surface area (Å²) in [6, 6.07) is 6.09. The van der Waals surface area contributed by atoms with Gasteiger partial charge in [0.15, 0.2) is 0 Å². The number of carbonyl (C=O) groups is 3. The lowest BCUT2D eigenvalue weighted by Gasteiger charge is -1.91. The van der Waals surface area contributed by atoms with Crippen molar-refractivity contribution in [1.82, 2.24) is 4.72 Å². The molecule has 1 aliphatic heterocycles. The number of fused-ring (bicyclic) bond motifs is 1. The summed E-state index contributed by atoms with van der Waals surface area (Å²) < 4.78 is 24.2. The third kappa shape index (κ3) is 3.88. The average molecular weight is 285 g/mol. The van der Waals surface area contributed by atoms with Crippen molar-refractivity contribution in [1.29, 1.82) is 0 Å². The Hall–Kier alpha value is -2.22. The Morgan fingerprint density at radius 1 is 1.26 bits per heavy atom. The highest BCUT2D eigenvalue weighted by molar-refractivity contribution is 7.90. The van der Waals surface area contributed by atoms with Crippen LogP contribution in [0.15, 0.2) is 29.2 Å². The summed E-state index contributed by atoms with van der Waals surface area (Å²) in [6.45, 7) is 1.24. The van der Waals surface area contributed by atoms with Gasteiger partial charge < -0.3 is 5.11 Å². The van der Waals surface area contributed by atoms with Crippen molar-refractivity contribution < 1.29 is 27.9 Å². The third-order valence-electron chi connectivity index (χ3n) is 2.05. The number of sulfonamides is 1. The van der Waals surface area contributed by atoms with Crippen molar-refractivity contribution in [3.8, 4) is 0 Å². The molecule has 1 amide bonds. The highest BCUT2D eigenvalue weighted by Gasteiger charge is 2.31. The van der Waals surface area contributed by atoms with E-state index >= 15 is 0 Å². The lowest BCUT2D eigenvalue weighted by atomic mass is 10.2. The maximum absolute atomic E-state index is 11.1. The minimum absolute atomic E-state index is 0.0648. The molecule has 7 nitrogen and oxygen atoms in total. The van der Waals surface area contributed by atoms with Crippen LogP contribution >= 0.6 is 0 Å². The van der Waals surface area contributed by atoms with E-state index in [4.69, 9.17) is 5.11 Å². The van der Waals surface area contributed by atoms with Gasteiger partial charge in [0.1, 0.15) is 17.1 Å². The van der Waals surface area contributed by atoms with E-state index in [1.807, 2.05) is 4.72 Å². The Balaban J connectivity index is 0.000000224. The molecule has 102 valence electrons. The Labute approximate surface area is 109 Å². The van der Waals surface area contributed by atoms with Crippen molar-refractivity contribution in [3.63, 3.8) is 0 Å². The molecule has 1 heterocycles. The van der Waals surface area contributed by atoms with Crippen molar-refractivity contribution >= 4 is 27.7 Å². The fourth-order valence-corrected chi connectivity index (χ4v) is 2.51. The van der Waals surface area contributed by atoms with Crippen LogP contribution in [0.4, 0.5) is 0 Å². The molecular formula is C11H11NO6S. The highest BCUT2D eigenvalue weighted by Crippen LogP contribution is 2.20. The van der Waals surface area contributed by atoms with Crippen LogP contribution in [-0.2, 0) is 19.6 Å². The molecule has 0 radical (unpaired) electrons. The molecule has 0 saturated carbocycles. The average Bonchev–Trinajstić information content (AvgIpc) is 2.49. The summed E-state index contributed by atoms with van der Waals surface area (Å²) in [5, 5.41) is 7.86. The third-order valence-corrected chi connectivity index (χ3v) is 3.44. The van der Waals surface area contributed by atoms with Crippen molar-refractivity contribution in [2.45, 2.75) is 18.2 Å². The molecule has 2 rings (SSSR count). The summed E-state index contributed by atoms with van der Waals surface area (Å²) in [4.78, 5) is 30.5. The fourth-order valence-electron chi connectivity index (χ4n) is 1.33. The van der Waals surface area contributed by atoms with Gasteiger partial charge in [0, 0.05) is 0 Å². The summed E-state index contributed by atoms with van der Waals surface area (Å²) in [6.07, 6.45) is -0.361. The van der Waals surface area contributed by atoms with Crippen LogP contribution < -0.4 is 4.72 Å². The van der Waals surface area contributed by atoms with Gasteiger partial charge in [-0.2, -0.15) is 0 Å². The minimum atomic E-state index is -3.55. The number of amides is 1. The SMILES string of the molecule is CC(=O)CC(=O)O.O=C1NS(=O)(=O)c2ccccc21. The van der Waals surface area contributed by atoms with Gasteiger partial charge >= 0.3 is 5.97 Å². The number of carboxylic acid groups (broad SMARTS) is 1. The van der Waals surface area contributed by atoms with Crippen molar-refractivity contribution in [2.75, 3.05) is 0 Å². The Morgan fingerprint density at radius 2 is 1.84 bits per heavy atom. The van der Waals surface area contributed by atoms with Gasteiger partial charge in [0.2, 0.25) is 0 Å². The summed E-state index contributed by atoms with van der Waals surface area (Å²) in [5.41, 5.74) is 0.220. The lowest BCUT2D eigenvalue weighted by molar-refractivity contribution is -0.139. The lowest BCUT2D eigenvalue weighted by Crippen LogP contribution is -2.20.